The molecule has 1 aromatic carbocycles. The summed E-state index contributed by atoms with van der Waals surface area (Å²) in [5, 5.41) is 0. The van der Waals surface area contributed by atoms with Crippen molar-refractivity contribution in [3.63, 3.8) is 0 Å². The van der Waals surface area contributed by atoms with Gasteiger partial charge in [-0.05, 0) is 52.4 Å². The van der Waals surface area contributed by atoms with Crippen LogP contribution in [0.15, 0.2) is 16.6 Å². The van der Waals surface area contributed by atoms with Crippen LogP contribution in [0.2, 0.25) is 0 Å². The average Bonchev–Trinajstić information content (AvgIpc) is 2.41. The Morgan fingerprint density at radius 1 is 1.61 bits per heavy atom. The molecule has 0 radical (unpaired) electrons. The zero-order valence-electron chi connectivity index (χ0n) is 10.2. The van der Waals surface area contributed by atoms with Crippen molar-refractivity contribution in [2.45, 2.75) is 25.3 Å². The topological polar surface area (TPSA) is 61.5 Å². The van der Waals surface area contributed by atoms with Crippen LogP contribution in [0, 0.1) is 0 Å². The fourth-order valence-corrected chi connectivity index (χ4v) is 2.64. The average molecular weight is 314 g/mol. The molecule has 0 spiro atoms. The Hall–Kier alpha value is -1.07. The van der Waals surface area contributed by atoms with Crippen molar-refractivity contribution in [2.24, 2.45) is 5.73 Å². The van der Waals surface area contributed by atoms with Crippen LogP contribution in [-0.4, -0.2) is 25.7 Å². The van der Waals surface area contributed by atoms with Gasteiger partial charge in [0.05, 0.1) is 18.2 Å². The molecule has 98 valence electrons. The summed E-state index contributed by atoms with van der Waals surface area (Å²) in [6.45, 7) is 0.734. The van der Waals surface area contributed by atoms with Gasteiger partial charge in [0, 0.05) is 0 Å². The summed E-state index contributed by atoms with van der Waals surface area (Å²) >= 11 is 3.48. The summed E-state index contributed by atoms with van der Waals surface area (Å²) in [6.07, 6.45) is 2.42. The van der Waals surface area contributed by atoms with Gasteiger partial charge in [-0.3, -0.25) is 4.79 Å². The summed E-state index contributed by atoms with van der Waals surface area (Å²) in [6, 6.07) is 3.30. The highest BCUT2D eigenvalue weighted by Crippen LogP contribution is 2.35. The molecule has 0 aromatic heterocycles. The maximum atomic E-state index is 11.4. The van der Waals surface area contributed by atoms with Crippen LogP contribution in [0.25, 0.3) is 0 Å². The maximum Gasteiger partial charge on any atom is 0.322 e. The number of esters is 1. The van der Waals surface area contributed by atoms with E-state index < -0.39 is 6.04 Å². The third kappa shape index (κ3) is 2.67. The third-order valence-electron chi connectivity index (χ3n) is 3.07. The van der Waals surface area contributed by atoms with Crippen LogP contribution in [0.5, 0.6) is 5.75 Å². The van der Waals surface area contributed by atoms with Gasteiger partial charge in [0.2, 0.25) is 0 Å². The van der Waals surface area contributed by atoms with Gasteiger partial charge in [0.25, 0.3) is 0 Å². The molecule has 1 unspecified atom stereocenters. The van der Waals surface area contributed by atoms with E-state index >= 15 is 0 Å². The van der Waals surface area contributed by atoms with Gasteiger partial charge < -0.3 is 15.2 Å². The molecular weight excluding hydrogens is 298 g/mol. The molecule has 4 nitrogen and oxygen atoms in total. The van der Waals surface area contributed by atoms with Crippen LogP contribution in [0.3, 0.4) is 0 Å². The first-order valence-electron chi connectivity index (χ1n) is 5.90. The van der Waals surface area contributed by atoms with Gasteiger partial charge in [-0.15, -0.1) is 0 Å². The molecule has 1 aromatic rings. The quantitative estimate of drug-likeness (QED) is 0.865. The number of fused-ring (bicyclic) bond motifs is 1. The predicted octanol–water partition coefficient (Wildman–Crippen LogP) is 1.82. The van der Waals surface area contributed by atoms with Crippen LogP contribution in [0.1, 0.15) is 17.5 Å². The summed E-state index contributed by atoms with van der Waals surface area (Å²) in [5.41, 5.74) is 8.01. The SMILES string of the molecule is COC(=O)C(N)Cc1ccc(Br)c2c1CCCO2. The molecule has 1 aliphatic rings. The van der Waals surface area contributed by atoms with E-state index in [-0.39, 0.29) is 5.97 Å². The maximum absolute atomic E-state index is 11.4. The lowest BCUT2D eigenvalue weighted by molar-refractivity contribution is -0.142. The number of nitrogens with two attached hydrogens (primary N) is 1. The molecule has 0 saturated heterocycles. The molecule has 2 rings (SSSR count). The first kappa shape index (κ1) is 13.4. The summed E-state index contributed by atoms with van der Waals surface area (Å²) < 4.78 is 11.3. The standard InChI is InChI=1S/C13H16BrNO3/c1-17-13(16)11(15)7-8-4-5-10(14)12-9(8)3-2-6-18-12/h4-5,11H,2-3,6-7,15H2,1H3. The van der Waals surface area contributed by atoms with E-state index in [9.17, 15) is 4.79 Å². The van der Waals surface area contributed by atoms with E-state index in [1.165, 1.54) is 7.11 Å². The molecule has 5 heteroatoms. The monoisotopic (exact) mass is 313 g/mol. The van der Waals surface area contributed by atoms with E-state index in [0.717, 1.165) is 40.8 Å². The van der Waals surface area contributed by atoms with Crippen LogP contribution < -0.4 is 10.5 Å². The van der Waals surface area contributed by atoms with Crippen molar-refractivity contribution in [3.8, 4) is 5.75 Å². The second-order valence-corrected chi connectivity index (χ2v) is 5.15. The van der Waals surface area contributed by atoms with E-state index in [1.54, 1.807) is 0 Å². The first-order valence-corrected chi connectivity index (χ1v) is 6.69. The van der Waals surface area contributed by atoms with Crippen molar-refractivity contribution >= 4 is 21.9 Å². The Bertz CT molecular complexity index is 462. The normalized spacial score (nSPS) is 15.5. The van der Waals surface area contributed by atoms with Gasteiger partial charge in [-0.1, -0.05) is 6.07 Å². The zero-order chi connectivity index (χ0) is 13.1. The van der Waals surface area contributed by atoms with Crippen molar-refractivity contribution in [2.75, 3.05) is 13.7 Å². The number of hydrogen-bond acceptors (Lipinski definition) is 4. The molecular formula is C13H16BrNO3. The van der Waals surface area contributed by atoms with E-state index in [2.05, 4.69) is 20.7 Å². The predicted molar refractivity (Wildman–Crippen MR) is 71.7 cm³/mol. The minimum absolute atomic E-state index is 0.386. The number of methoxy groups -OCH3 is 1. The second kappa shape index (κ2) is 5.71. The van der Waals surface area contributed by atoms with Crippen LogP contribution >= 0.6 is 15.9 Å². The lowest BCUT2D eigenvalue weighted by atomic mass is 9.95. The number of hydrogen-bond donors (Lipinski definition) is 1. The molecule has 0 fully saturated rings. The highest BCUT2D eigenvalue weighted by molar-refractivity contribution is 9.10. The number of rotatable bonds is 3. The molecule has 0 aliphatic carbocycles. The Labute approximate surface area is 115 Å². The highest BCUT2D eigenvalue weighted by atomic mass is 79.9. The lowest BCUT2D eigenvalue weighted by Crippen LogP contribution is -2.34. The molecule has 1 heterocycles. The Morgan fingerprint density at radius 2 is 2.39 bits per heavy atom. The Kier molecular flexibility index (Phi) is 4.24. The molecule has 2 N–H and O–H groups in total. The minimum Gasteiger partial charge on any atom is -0.492 e. The Balaban J connectivity index is 2.26. The van der Waals surface area contributed by atoms with Gasteiger partial charge in [-0.2, -0.15) is 0 Å². The molecule has 1 atom stereocenters. The number of carbonyl (C=O) groups is 1. The molecule has 1 aliphatic heterocycles. The third-order valence-corrected chi connectivity index (χ3v) is 3.70. The summed E-state index contributed by atoms with van der Waals surface area (Å²) in [4.78, 5) is 11.4. The van der Waals surface area contributed by atoms with Gasteiger partial charge in [0.1, 0.15) is 11.8 Å². The summed E-state index contributed by atoms with van der Waals surface area (Å²) in [7, 11) is 1.35. The van der Waals surface area contributed by atoms with Gasteiger partial charge in [0.15, 0.2) is 0 Å². The Morgan fingerprint density at radius 3 is 3.11 bits per heavy atom. The fraction of sp³-hybridized carbons (Fsp3) is 0.462. The number of benzene rings is 1. The molecule has 0 amide bonds. The number of ether oxygens (including phenoxy) is 2. The highest BCUT2D eigenvalue weighted by Gasteiger charge is 2.21. The van der Waals surface area contributed by atoms with Crippen molar-refractivity contribution < 1.29 is 14.3 Å². The van der Waals surface area contributed by atoms with E-state index in [1.807, 2.05) is 12.1 Å². The molecule has 0 bridgehead atoms. The van der Waals surface area contributed by atoms with Gasteiger partial charge >= 0.3 is 5.97 Å². The number of halogens is 1. The van der Waals surface area contributed by atoms with Crippen LogP contribution in [-0.2, 0) is 22.4 Å². The van der Waals surface area contributed by atoms with Crippen LogP contribution in [0.4, 0.5) is 0 Å². The lowest BCUT2D eigenvalue weighted by Gasteiger charge is -2.22. The van der Waals surface area contributed by atoms with Crippen molar-refractivity contribution in [1.29, 1.82) is 0 Å². The van der Waals surface area contributed by atoms with E-state index in [4.69, 9.17) is 10.5 Å². The second-order valence-electron chi connectivity index (χ2n) is 4.30. The fourth-order valence-electron chi connectivity index (χ4n) is 2.16. The molecule has 18 heavy (non-hydrogen) atoms. The summed E-state index contributed by atoms with van der Waals surface area (Å²) in [5.74, 6) is 0.499. The largest absolute Gasteiger partial charge is 0.492 e. The smallest absolute Gasteiger partial charge is 0.322 e. The molecule has 0 saturated carbocycles. The van der Waals surface area contributed by atoms with E-state index in [0.29, 0.717) is 6.42 Å². The van der Waals surface area contributed by atoms with Crippen molar-refractivity contribution in [1.82, 2.24) is 0 Å². The van der Waals surface area contributed by atoms with Gasteiger partial charge in [-0.25, -0.2) is 0 Å². The van der Waals surface area contributed by atoms with Crippen molar-refractivity contribution in [3.05, 3.63) is 27.7 Å². The number of carbonyl (C=O) groups excluding carboxylic acids is 1. The zero-order valence-corrected chi connectivity index (χ0v) is 11.8. The first-order chi connectivity index (χ1) is 8.63. The minimum atomic E-state index is -0.623.